The molecule has 0 aromatic carbocycles. The normalized spacial score (nSPS) is 18.6. The van der Waals surface area contributed by atoms with E-state index >= 15 is 0 Å². The van der Waals surface area contributed by atoms with Crippen LogP contribution in [0.25, 0.3) is 0 Å². The Morgan fingerprint density at radius 1 is 1.62 bits per heavy atom. The molecule has 1 aromatic rings. The van der Waals surface area contributed by atoms with E-state index in [1.54, 1.807) is 13.1 Å². The summed E-state index contributed by atoms with van der Waals surface area (Å²) in [4.78, 5) is 5.29. The largest absolute Gasteiger partial charge is 0.309 e. The van der Waals surface area contributed by atoms with Crippen LogP contribution in [0.4, 0.5) is 0 Å². The third kappa shape index (κ3) is 3.02. The van der Waals surface area contributed by atoms with Gasteiger partial charge in [-0.2, -0.15) is 0 Å². The first-order valence-electron chi connectivity index (χ1n) is 5.33. The van der Waals surface area contributed by atoms with Crippen LogP contribution in [-0.4, -0.2) is 25.7 Å². The van der Waals surface area contributed by atoms with Crippen molar-refractivity contribution in [3.63, 3.8) is 0 Å². The van der Waals surface area contributed by atoms with Crippen LogP contribution >= 0.6 is 11.3 Å². The maximum atomic E-state index is 11.4. The summed E-state index contributed by atoms with van der Waals surface area (Å²) in [5, 5.41) is 3.58. The molecule has 0 amide bonds. The smallest absolute Gasteiger partial charge is 0.156 e. The third-order valence-electron chi connectivity index (χ3n) is 2.70. The van der Waals surface area contributed by atoms with Crippen molar-refractivity contribution >= 4 is 21.2 Å². The molecule has 1 aliphatic carbocycles. The maximum absolute atomic E-state index is 11.4. The molecule has 1 atom stereocenters. The molecule has 1 saturated carbocycles. The molecule has 16 heavy (non-hydrogen) atoms. The Balaban J connectivity index is 2.00. The fourth-order valence-corrected chi connectivity index (χ4v) is 3.20. The molecule has 1 aromatic heterocycles. The summed E-state index contributed by atoms with van der Waals surface area (Å²) in [7, 11) is -3.03. The van der Waals surface area contributed by atoms with E-state index in [4.69, 9.17) is 0 Å². The van der Waals surface area contributed by atoms with E-state index in [1.807, 2.05) is 0 Å². The minimum absolute atomic E-state index is 0.493. The number of sulfone groups is 1. The Morgan fingerprint density at radius 3 is 2.88 bits per heavy atom. The van der Waals surface area contributed by atoms with E-state index in [2.05, 4.69) is 10.3 Å². The van der Waals surface area contributed by atoms with Crippen molar-refractivity contribution in [1.82, 2.24) is 10.3 Å². The van der Waals surface area contributed by atoms with Gasteiger partial charge in [-0.05, 0) is 19.8 Å². The molecule has 1 N–H and O–H groups in total. The van der Waals surface area contributed by atoms with Crippen LogP contribution in [0, 0.1) is 0 Å². The number of nitrogens with one attached hydrogen (secondary N) is 1. The van der Waals surface area contributed by atoms with Crippen molar-refractivity contribution in [3.8, 4) is 0 Å². The molecule has 1 unspecified atom stereocenters. The fraction of sp³-hybridized carbons (Fsp3) is 0.700. The molecular formula is C10H16N2O2S2. The van der Waals surface area contributed by atoms with Gasteiger partial charge < -0.3 is 5.32 Å². The van der Waals surface area contributed by atoms with Crippen LogP contribution < -0.4 is 5.32 Å². The van der Waals surface area contributed by atoms with E-state index in [-0.39, 0.29) is 0 Å². The molecular weight excluding hydrogens is 244 g/mol. The average Bonchev–Trinajstić information content (AvgIpc) is 2.91. The summed E-state index contributed by atoms with van der Waals surface area (Å²) in [5.74, 6) is 0. The molecule has 2 rings (SSSR count). The number of hydrogen-bond donors (Lipinski definition) is 1. The first kappa shape index (κ1) is 12.0. The van der Waals surface area contributed by atoms with Crippen LogP contribution in [0.2, 0.25) is 0 Å². The van der Waals surface area contributed by atoms with E-state index in [0.717, 1.165) is 11.4 Å². The average molecular weight is 260 g/mol. The first-order chi connectivity index (χ1) is 7.47. The van der Waals surface area contributed by atoms with Gasteiger partial charge >= 0.3 is 0 Å². The number of hydrogen-bond acceptors (Lipinski definition) is 5. The van der Waals surface area contributed by atoms with Crippen LogP contribution in [0.5, 0.6) is 0 Å². The molecule has 0 radical (unpaired) electrons. The first-order valence-corrected chi connectivity index (χ1v) is 8.11. The van der Waals surface area contributed by atoms with Crippen molar-refractivity contribution in [2.24, 2.45) is 0 Å². The third-order valence-corrected chi connectivity index (χ3v) is 5.54. The molecule has 90 valence electrons. The molecule has 6 heteroatoms. The topological polar surface area (TPSA) is 59.1 Å². The summed E-state index contributed by atoms with van der Waals surface area (Å²) in [5.41, 5.74) is 0. The van der Waals surface area contributed by atoms with Crippen LogP contribution in [0.15, 0.2) is 6.20 Å². The molecule has 0 aliphatic heterocycles. The quantitative estimate of drug-likeness (QED) is 0.871. The van der Waals surface area contributed by atoms with Crippen molar-refractivity contribution in [1.29, 1.82) is 0 Å². The highest BCUT2D eigenvalue weighted by Gasteiger charge is 2.22. The fourth-order valence-electron chi connectivity index (χ4n) is 1.31. The van der Waals surface area contributed by atoms with Gasteiger partial charge in [0, 0.05) is 29.9 Å². The molecule has 0 spiro atoms. The number of thiazole rings is 1. The zero-order valence-electron chi connectivity index (χ0n) is 9.43. The minimum Gasteiger partial charge on any atom is -0.309 e. The second-order valence-electron chi connectivity index (χ2n) is 4.29. The second kappa shape index (κ2) is 4.43. The Labute approximate surface area is 100 Å². The summed E-state index contributed by atoms with van der Waals surface area (Å²) in [6, 6.07) is 0.665. The lowest BCUT2D eigenvalue weighted by atomic mass is 10.5. The monoisotopic (exact) mass is 260 g/mol. The van der Waals surface area contributed by atoms with Gasteiger partial charge in [0.1, 0.15) is 10.3 Å². The van der Waals surface area contributed by atoms with E-state index < -0.39 is 15.1 Å². The molecule has 1 aliphatic rings. The zero-order chi connectivity index (χ0) is 11.8. The predicted octanol–water partition coefficient (Wildman–Crippen LogP) is 1.50. The van der Waals surface area contributed by atoms with Crippen molar-refractivity contribution < 1.29 is 8.42 Å². The Kier molecular flexibility index (Phi) is 3.32. The summed E-state index contributed by atoms with van der Waals surface area (Å²) >= 11 is 1.48. The SMILES string of the molecule is CC(c1ncc(CNC2CC2)s1)S(C)(=O)=O. The second-order valence-corrected chi connectivity index (χ2v) is 7.80. The van der Waals surface area contributed by atoms with Gasteiger partial charge in [-0.25, -0.2) is 13.4 Å². The van der Waals surface area contributed by atoms with Gasteiger partial charge in [0.25, 0.3) is 0 Å². The Hall–Kier alpha value is -0.460. The highest BCUT2D eigenvalue weighted by molar-refractivity contribution is 7.91. The van der Waals surface area contributed by atoms with Gasteiger partial charge in [-0.15, -0.1) is 11.3 Å². The van der Waals surface area contributed by atoms with Gasteiger partial charge in [-0.3, -0.25) is 0 Å². The number of rotatable bonds is 5. The molecule has 1 fully saturated rings. The van der Waals surface area contributed by atoms with Gasteiger partial charge in [0.15, 0.2) is 9.84 Å². The molecule has 1 heterocycles. The highest BCUT2D eigenvalue weighted by Crippen LogP contribution is 2.26. The maximum Gasteiger partial charge on any atom is 0.156 e. The molecule has 0 saturated heterocycles. The number of nitrogens with zero attached hydrogens (tertiary/aromatic N) is 1. The van der Waals surface area contributed by atoms with E-state index in [0.29, 0.717) is 11.0 Å². The van der Waals surface area contributed by atoms with Crippen LogP contribution in [-0.2, 0) is 16.4 Å². The zero-order valence-corrected chi connectivity index (χ0v) is 11.1. The predicted molar refractivity (Wildman–Crippen MR) is 65.2 cm³/mol. The molecule has 4 nitrogen and oxygen atoms in total. The van der Waals surface area contributed by atoms with E-state index in [1.165, 1.54) is 30.4 Å². The minimum atomic E-state index is -3.03. The standard InChI is InChI=1S/C10H16N2O2S2/c1-7(16(2,13)14)10-12-6-9(15-10)5-11-8-3-4-8/h6-8,11H,3-5H2,1-2H3. The Morgan fingerprint density at radius 2 is 2.31 bits per heavy atom. The lowest BCUT2D eigenvalue weighted by Crippen LogP contribution is -2.14. The summed E-state index contributed by atoms with van der Waals surface area (Å²) in [6.45, 7) is 2.49. The van der Waals surface area contributed by atoms with Crippen LogP contribution in [0.1, 0.15) is 34.9 Å². The Bertz CT molecular complexity index is 463. The van der Waals surface area contributed by atoms with Gasteiger partial charge in [0.2, 0.25) is 0 Å². The van der Waals surface area contributed by atoms with E-state index in [9.17, 15) is 8.42 Å². The van der Waals surface area contributed by atoms with Crippen molar-refractivity contribution in [3.05, 3.63) is 16.1 Å². The lowest BCUT2D eigenvalue weighted by Gasteiger charge is -2.04. The number of aromatic nitrogens is 1. The molecule has 0 bridgehead atoms. The summed E-state index contributed by atoms with van der Waals surface area (Å²) < 4.78 is 22.7. The van der Waals surface area contributed by atoms with Crippen LogP contribution in [0.3, 0.4) is 0 Å². The van der Waals surface area contributed by atoms with Gasteiger partial charge in [-0.1, -0.05) is 0 Å². The summed E-state index contributed by atoms with van der Waals surface area (Å²) in [6.07, 6.45) is 5.54. The van der Waals surface area contributed by atoms with Gasteiger partial charge in [0.05, 0.1) is 0 Å². The van der Waals surface area contributed by atoms with Crippen molar-refractivity contribution in [2.45, 2.75) is 37.6 Å². The van der Waals surface area contributed by atoms with Crippen molar-refractivity contribution in [2.75, 3.05) is 6.26 Å². The lowest BCUT2D eigenvalue weighted by molar-refractivity contribution is 0.592. The highest BCUT2D eigenvalue weighted by atomic mass is 32.2.